The maximum atomic E-state index is 12.2. The lowest BCUT2D eigenvalue weighted by atomic mass is 10.1. The van der Waals surface area contributed by atoms with Crippen LogP contribution in [0.1, 0.15) is 22.0 Å². The van der Waals surface area contributed by atoms with Gasteiger partial charge in [-0.25, -0.2) is 4.79 Å². The van der Waals surface area contributed by atoms with Gasteiger partial charge in [-0.05, 0) is 12.1 Å². The molecule has 3 N–H and O–H groups in total. The zero-order chi connectivity index (χ0) is 15.2. The van der Waals surface area contributed by atoms with Crippen molar-refractivity contribution >= 4 is 17.6 Å². The Morgan fingerprint density at radius 1 is 1.05 bits per heavy atom. The molecule has 2 rings (SSSR count). The minimum Gasteiger partial charge on any atom is -0.444 e. The Hall–Kier alpha value is -2.82. The van der Waals surface area contributed by atoms with E-state index < -0.39 is 18.0 Å². The van der Waals surface area contributed by atoms with E-state index >= 15 is 0 Å². The Morgan fingerprint density at radius 2 is 1.67 bits per heavy atom. The number of nitrogens with one attached hydrogen (secondary N) is 1. The Bertz CT molecular complexity index is 641. The molecule has 5 heteroatoms. The molecule has 0 fully saturated rings. The van der Waals surface area contributed by atoms with Gasteiger partial charge in [0.05, 0.1) is 5.56 Å². The third-order valence-electron chi connectivity index (χ3n) is 3.00. The fourth-order valence-corrected chi connectivity index (χ4v) is 1.97. The number of esters is 1. The third-order valence-corrected chi connectivity index (χ3v) is 3.00. The van der Waals surface area contributed by atoms with Crippen molar-refractivity contribution in [1.29, 1.82) is 0 Å². The summed E-state index contributed by atoms with van der Waals surface area (Å²) in [6.45, 7) is 0. The molecule has 0 heterocycles. The second-order valence-corrected chi connectivity index (χ2v) is 4.39. The van der Waals surface area contributed by atoms with Crippen LogP contribution in [0.5, 0.6) is 0 Å². The summed E-state index contributed by atoms with van der Waals surface area (Å²) in [7, 11) is 1.70. The molecular formula is C16H16N2O3. The van der Waals surface area contributed by atoms with Gasteiger partial charge in [0, 0.05) is 18.3 Å². The molecule has 0 aliphatic carbocycles. The van der Waals surface area contributed by atoms with Gasteiger partial charge in [0.15, 0.2) is 0 Å². The summed E-state index contributed by atoms with van der Waals surface area (Å²) in [5, 5.41) is 2.90. The van der Waals surface area contributed by atoms with Crippen molar-refractivity contribution in [3.05, 3.63) is 65.7 Å². The van der Waals surface area contributed by atoms with Gasteiger partial charge in [0.25, 0.3) is 5.91 Å². The molecule has 0 aliphatic rings. The van der Waals surface area contributed by atoms with Crippen LogP contribution in [0, 0.1) is 0 Å². The van der Waals surface area contributed by atoms with E-state index in [0.717, 1.165) is 0 Å². The highest BCUT2D eigenvalue weighted by Gasteiger charge is 2.24. The molecular weight excluding hydrogens is 268 g/mol. The molecule has 1 amide bonds. The maximum Gasteiger partial charge on any atom is 0.341 e. The summed E-state index contributed by atoms with van der Waals surface area (Å²) in [5.74, 6) is -1.32. The topological polar surface area (TPSA) is 81.4 Å². The van der Waals surface area contributed by atoms with Crippen molar-refractivity contribution in [3.8, 4) is 0 Å². The van der Waals surface area contributed by atoms with Gasteiger partial charge in [-0.1, -0.05) is 42.5 Å². The van der Waals surface area contributed by atoms with Crippen LogP contribution in [0.4, 0.5) is 5.69 Å². The van der Waals surface area contributed by atoms with Gasteiger partial charge >= 0.3 is 5.97 Å². The number of anilines is 1. The smallest absolute Gasteiger partial charge is 0.341 e. The largest absolute Gasteiger partial charge is 0.444 e. The number of benzene rings is 2. The van der Waals surface area contributed by atoms with Crippen LogP contribution in [0.3, 0.4) is 0 Å². The minimum atomic E-state index is -1.11. The van der Waals surface area contributed by atoms with E-state index in [1.54, 1.807) is 61.6 Å². The fourth-order valence-electron chi connectivity index (χ4n) is 1.97. The minimum absolute atomic E-state index is 0.349. The predicted molar refractivity (Wildman–Crippen MR) is 79.8 cm³/mol. The van der Waals surface area contributed by atoms with Crippen molar-refractivity contribution in [2.75, 3.05) is 12.4 Å². The van der Waals surface area contributed by atoms with Crippen LogP contribution >= 0.6 is 0 Å². The first-order valence-corrected chi connectivity index (χ1v) is 6.45. The fraction of sp³-hybridized carbons (Fsp3) is 0.125. The van der Waals surface area contributed by atoms with Crippen molar-refractivity contribution in [1.82, 2.24) is 0 Å². The second-order valence-electron chi connectivity index (χ2n) is 4.39. The number of primary amides is 1. The first kappa shape index (κ1) is 14.6. The SMILES string of the molecule is CNc1ccccc1C(=O)OC(C(N)=O)c1ccccc1. The van der Waals surface area contributed by atoms with Crippen LogP contribution in [-0.4, -0.2) is 18.9 Å². The van der Waals surface area contributed by atoms with Crippen LogP contribution in [-0.2, 0) is 9.53 Å². The summed E-state index contributed by atoms with van der Waals surface area (Å²) in [4.78, 5) is 23.8. The number of carbonyl (C=O) groups is 2. The van der Waals surface area contributed by atoms with Crippen LogP contribution < -0.4 is 11.1 Å². The molecule has 2 aromatic carbocycles. The van der Waals surface area contributed by atoms with E-state index in [4.69, 9.17) is 10.5 Å². The van der Waals surface area contributed by atoms with Crippen molar-refractivity contribution < 1.29 is 14.3 Å². The van der Waals surface area contributed by atoms with Gasteiger partial charge in [0.2, 0.25) is 6.10 Å². The molecule has 0 bridgehead atoms. The zero-order valence-corrected chi connectivity index (χ0v) is 11.6. The molecule has 0 saturated carbocycles. The number of nitrogens with two attached hydrogens (primary N) is 1. The van der Waals surface area contributed by atoms with Gasteiger partial charge in [-0.2, -0.15) is 0 Å². The molecule has 0 aliphatic heterocycles. The van der Waals surface area contributed by atoms with E-state index in [9.17, 15) is 9.59 Å². The summed E-state index contributed by atoms with van der Waals surface area (Å²) in [6.07, 6.45) is -1.11. The van der Waals surface area contributed by atoms with Crippen molar-refractivity contribution in [3.63, 3.8) is 0 Å². The number of amides is 1. The predicted octanol–water partition coefficient (Wildman–Crippen LogP) is 2.11. The summed E-state index contributed by atoms with van der Waals surface area (Å²) in [5.41, 5.74) is 6.85. The number of hydrogen-bond donors (Lipinski definition) is 2. The first-order valence-electron chi connectivity index (χ1n) is 6.45. The lowest BCUT2D eigenvalue weighted by Crippen LogP contribution is -2.26. The standard InChI is InChI=1S/C16H16N2O3/c1-18-13-10-6-5-9-12(13)16(20)21-14(15(17)19)11-7-3-2-4-8-11/h2-10,14,18H,1H3,(H2,17,19). The highest BCUT2D eigenvalue weighted by molar-refractivity contribution is 5.97. The average molecular weight is 284 g/mol. The van der Waals surface area contributed by atoms with Gasteiger partial charge in [-0.3, -0.25) is 4.79 Å². The summed E-state index contributed by atoms with van der Waals surface area (Å²) < 4.78 is 5.27. The number of carbonyl (C=O) groups excluding carboxylic acids is 2. The Balaban J connectivity index is 2.25. The van der Waals surface area contributed by atoms with Gasteiger partial charge in [0.1, 0.15) is 0 Å². The van der Waals surface area contributed by atoms with E-state index in [2.05, 4.69) is 5.32 Å². The molecule has 2 aromatic rings. The molecule has 0 radical (unpaired) electrons. The van der Waals surface area contributed by atoms with E-state index in [1.807, 2.05) is 0 Å². The highest BCUT2D eigenvalue weighted by Crippen LogP contribution is 2.22. The second kappa shape index (κ2) is 6.56. The lowest BCUT2D eigenvalue weighted by molar-refractivity contribution is -0.127. The molecule has 0 aromatic heterocycles. The number of para-hydroxylation sites is 1. The Labute approximate surface area is 122 Å². The summed E-state index contributed by atoms with van der Waals surface area (Å²) >= 11 is 0. The quantitative estimate of drug-likeness (QED) is 0.824. The van der Waals surface area contributed by atoms with E-state index in [1.165, 1.54) is 0 Å². The monoisotopic (exact) mass is 284 g/mol. The summed E-state index contributed by atoms with van der Waals surface area (Å²) in [6, 6.07) is 15.6. The van der Waals surface area contributed by atoms with E-state index in [0.29, 0.717) is 16.8 Å². The van der Waals surface area contributed by atoms with Crippen molar-refractivity contribution in [2.45, 2.75) is 6.10 Å². The lowest BCUT2D eigenvalue weighted by Gasteiger charge is -2.16. The van der Waals surface area contributed by atoms with Crippen LogP contribution in [0.2, 0.25) is 0 Å². The molecule has 1 atom stereocenters. The highest BCUT2D eigenvalue weighted by atomic mass is 16.5. The Kier molecular flexibility index (Phi) is 4.56. The third kappa shape index (κ3) is 3.39. The maximum absolute atomic E-state index is 12.2. The molecule has 5 nitrogen and oxygen atoms in total. The average Bonchev–Trinajstić information content (AvgIpc) is 2.52. The number of hydrogen-bond acceptors (Lipinski definition) is 4. The molecule has 1 unspecified atom stereocenters. The molecule has 21 heavy (non-hydrogen) atoms. The first-order chi connectivity index (χ1) is 10.1. The normalized spacial score (nSPS) is 11.5. The zero-order valence-electron chi connectivity index (χ0n) is 11.6. The van der Waals surface area contributed by atoms with Crippen LogP contribution in [0.25, 0.3) is 0 Å². The Morgan fingerprint density at radius 3 is 2.29 bits per heavy atom. The van der Waals surface area contributed by atoms with Gasteiger partial charge in [-0.15, -0.1) is 0 Å². The van der Waals surface area contributed by atoms with Crippen LogP contribution in [0.15, 0.2) is 54.6 Å². The molecule has 0 saturated heterocycles. The number of rotatable bonds is 5. The molecule has 108 valence electrons. The van der Waals surface area contributed by atoms with E-state index in [-0.39, 0.29) is 0 Å². The number of ether oxygens (including phenoxy) is 1. The van der Waals surface area contributed by atoms with Crippen molar-refractivity contribution in [2.24, 2.45) is 5.73 Å². The van der Waals surface area contributed by atoms with Gasteiger partial charge < -0.3 is 15.8 Å². The molecule has 0 spiro atoms.